The predicted octanol–water partition coefficient (Wildman–Crippen LogP) is -4.28. The molecule has 0 aromatic carbocycles. The van der Waals surface area contributed by atoms with Gasteiger partial charge in [0.05, 0.1) is 0 Å². The minimum Gasteiger partial charge on any atom is -1.00 e. The molecule has 17 heteroatoms. The molecule has 0 aromatic rings. The van der Waals surface area contributed by atoms with Crippen molar-refractivity contribution in [1.29, 1.82) is 0 Å². The van der Waals surface area contributed by atoms with E-state index in [1.807, 2.05) is 0 Å². The van der Waals surface area contributed by atoms with Crippen LogP contribution in [0.1, 0.15) is 1.43 Å². The maximum absolute atomic E-state index is 9.85. The zero-order valence-electron chi connectivity index (χ0n) is 10.4. The Labute approximate surface area is 130 Å². The minimum atomic E-state index is -4.55. The van der Waals surface area contributed by atoms with E-state index in [1.54, 1.807) is 0 Å². The summed E-state index contributed by atoms with van der Waals surface area (Å²) in [6, 6.07) is 0. The molecule has 12 nitrogen and oxygen atoms in total. The molecule has 0 heterocycles. The second-order valence-corrected chi connectivity index (χ2v) is 10.5. The first-order chi connectivity index (χ1) is 7.41. The molecule has 0 atom stereocenters. The van der Waals surface area contributed by atoms with Crippen molar-refractivity contribution in [1.82, 2.24) is 0 Å². The van der Waals surface area contributed by atoms with Crippen LogP contribution >= 0.6 is 30.4 Å². The fourth-order valence-electron chi connectivity index (χ4n) is 0.480. The molecule has 0 aliphatic rings. The van der Waals surface area contributed by atoms with Crippen molar-refractivity contribution < 1.29 is 88.4 Å². The monoisotopic (exact) mass is 376 g/mol. The summed E-state index contributed by atoms with van der Waals surface area (Å²) in [5, 5.41) is 0. The molecule has 0 unspecified atom stereocenters. The summed E-state index contributed by atoms with van der Waals surface area (Å²) in [7, 11) is -18.2. The summed E-state index contributed by atoms with van der Waals surface area (Å²) >= 11 is 0. The first kappa shape index (κ1) is 25.5. The van der Waals surface area contributed by atoms with Gasteiger partial charge in [0.15, 0.2) is 11.8 Å². The van der Waals surface area contributed by atoms with E-state index in [0.29, 0.717) is 0 Å². The van der Waals surface area contributed by atoms with Crippen LogP contribution in [0, 0.1) is 0 Å². The molecule has 8 N–H and O–H groups in total. The van der Waals surface area contributed by atoms with Crippen molar-refractivity contribution >= 4 is 30.4 Å². The molecular weight excluding hydrogens is 363 g/mol. The van der Waals surface area contributed by atoms with Gasteiger partial charge in [-0.25, -0.2) is 0 Å². The summed E-state index contributed by atoms with van der Waals surface area (Å²) in [5.74, 6) is -2.75. The number of hydrogen-bond donors (Lipinski definition) is 8. The van der Waals surface area contributed by atoms with E-state index in [1.165, 1.54) is 0 Å². The topological polar surface area (TPSA) is 230 Å². The third-order valence-corrected chi connectivity index (χ3v) is 6.63. The van der Waals surface area contributed by atoms with Crippen LogP contribution in [0.25, 0.3) is 0 Å². The Morgan fingerprint density at radius 2 is 0.632 bits per heavy atom. The van der Waals surface area contributed by atoms with Gasteiger partial charge in [-0.05, 0) is 0 Å². The Balaban J connectivity index is -0.000000116. The van der Waals surface area contributed by atoms with Crippen LogP contribution in [-0.2, 0) is 18.3 Å². The predicted molar refractivity (Wildman–Crippen MR) is 59.0 cm³/mol. The molecule has 19 heavy (non-hydrogen) atoms. The molecule has 0 fully saturated rings. The molecule has 0 bridgehead atoms. The van der Waals surface area contributed by atoms with Gasteiger partial charge < -0.3 is 40.6 Å². The zero-order chi connectivity index (χ0) is 15.4. The van der Waals surface area contributed by atoms with E-state index in [-0.39, 0.29) is 31.0 Å². The Hall–Kier alpha value is 1.60. The molecule has 0 aliphatic heterocycles. The Bertz CT molecular complexity index is 356. The maximum Gasteiger partial charge on any atom is 1.00 e. The molecule has 0 saturated heterocycles. The van der Waals surface area contributed by atoms with Gasteiger partial charge in [0.1, 0.15) is 0 Å². The normalized spacial score (nSPS) is 13.1. The van der Waals surface area contributed by atoms with Crippen LogP contribution in [0.5, 0.6) is 0 Å². The van der Waals surface area contributed by atoms with Crippen molar-refractivity contribution in [2.75, 3.05) is 11.8 Å². The van der Waals surface area contributed by atoms with E-state index in [2.05, 4.69) is 0 Å². The van der Waals surface area contributed by atoms with E-state index < -0.39 is 42.2 Å². The Morgan fingerprint density at radius 3 is 0.632 bits per heavy atom. The van der Waals surface area contributed by atoms with Gasteiger partial charge in [0.25, 0.3) is 0 Å². The van der Waals surface area contributed by atoms with Gasteiger partial charge in [0.2, 0.25) is 0 Å². The van der Waals surface area contributed by atoms with Gasteiger partial charge in [-0.2, -0.15) is 0 Å². The van der Waals surface area contributed by atoms with Crippen LogP contribution in [0.2, 0.25) is 0 Å². The first-order valence-corrected chi connectivity index (χ1v) is 10.8. The van der Waals surface area contributed by atoms with Gasteiger partial charge in [-0.15, -0.1) is 0 Å². The Morgan fingerprint density at radius 1 is 0.526 bits per heavy atom. The average Bonchev–Trinajstić information content (AvgIpc) is 1.64. The number of rotatable bonds is 4. The summed E-state index contributed by atoms with van der Waals surface area (Å²) in [4.78, 5) is 63.8. The molecule has 114 valence electrons. The third kappa shape index (κ3) is 32.8. The zero-order valence-corrected chi connectivity index (χ0v) is 15.0. The summed E-state index contributed by atoms with van der Waals surface area (Å²) in [6.07, 6.45) is 0. The molecule has 0 amide bonds. The largest absolute Gasteiger partial charge is 1.00 e. The van der Waals surface area contributed by atoms with Gasteiger partial charge >= 0.3 is 59.9 Å². The van der Waals surface area contributed by atoms with Crippen molar-refractivity contribution in [3.05, 3.63) is 0 Å². The van der Waals surface area contributed by atoms with E-state index in [9.17, 15) is 18.3 Å². The van der Waals surface area contributed by atoms with Gasteiger partial charge in [-0.1, -0.05) is 0 Å². The first-order valence-electron chi connectivity index (χ1n) is 3.60. The van der Waals surface area contributed by atoms with Crippen molar-refractivity contribution in [2.24, 2.45) is 0 Å². The van der Waals surface area contributed by atoms with Crippen molar-refractivity contribution in [2.45, 2.75) is 0 Å². The fourth-order valence-corrected chi connectivity index (χ4v) is 4.32. The standard InChI is InChI=1S/2CH6O6P2.Na.H/c2*2-8(3,4)1-9(5,6)7;;/h2*1H2,(H2,2,3,4)(H2,5,6,7);;/q;;+1;-1. The Kier molecular flexibility index (Phi) is 12.0. The molecule has 0 saturated carbocycles. The molecule has 0 rings (SSSR count). The second-order valence-electron chi connectivity index (χ2n) is 2.94. The smallest absolute Gasteiger partial charge is 1.00 e. The van der Waals surface area contributed by atoms with Crippen LogP contribution in [0.15, 0.2) is 0 Å². The second kappa shape index (κ2) is 8.90. The number of hydrogen-bond acceptors (Lipinski definition) is 4. The van der Waals surface area contributed by atoms with E-state index >= 15 is 0 Å². The van der Waals surface area contributed by atoms with Gasteiger partial charge in [-0.3, -0.25) is 18.3 Å². The van der Waals surface area contributed by atoms with Crippen LogP contribution in [0.4, 0.5) is 0 Å². The molecular formula is C2H13NaO12P4. The van der Waals surface area contributed by atoms with Gasteiger partial charge in [0, 0.05) is 0 Å². The average molecular weight is 376 g/mol. The molecule has 0 radical (unpaired) electrons. The van der Waals surface area contributed by atoms with Crippen molar-refractivity contribution in [3.63, 3.8) is 0 Å². The maximum atomic E-state index is 9.85. The fraction of sp³-hybridized carbons (Fsp3) is 1.00. The SMILES string of the molecule is O=P(O)(O)CP(=O)(O)O.O=P(O)(O)CP(=O)(O)O.[H-].[Na+]. The quantitative estimate of drug-likeness (QED) is 0.172. The minimum absolute atomic E-state index is 0. The van der Waals surface area contributed by atoms with E-state index in [0.717, 1.165) is 0 Å². The third-order valence-electron chi connectivity index (χ3n) is 0.737. The molecule has 0 aromatic heterocycles. The molecule has 0 aliphatic carbocycles. The summed E-state index contributed by atoms with van der Waals surface area (Å²) < 4.78 is 39.4. The van der Waals surface area contributed by atoms with Crippen LogP contribution < -0.4 is 29.6 Å². The van der Waals surface area contributed by atoms with E-state index in [4.69, 9.17) is 39.1 Å². The summed E-state index contributed by atoms with van der Waals surface area (Å²) in [5.41, 5.74) is 0. The van der Waals surface area contributed by atoms with Crippen LogP contribution in [0.3, 0.4) is 0 Å². The van der Waals surface area contributed by atoms with Crippen molar-refractivity contribution in [3.8, 4) is 0 Å². The molecule has 0 spiro atoms. The van der Waals surface area contributed by atoms with Crippen LogP contribution in [-0.4, -0.2) is 51.0 Å². The summed E-state index contributed by atoms with van der Waals surface area (Å²) in [6.45, 7) is 0.